The van der Waals surface area contributed by atoms with Gasteiger partial charge >= 0.3 is 5.92 Å². The lowest BCUT2D eigenvalue weighted by molar-refractivity contribution is -0.140. The average molecular weight is 820 g/mol. The first kappa shape index (κ1) is 41.9. The molecule has 59 heavy (non-hydrogen) atoms. The number of carbonyl (C=O) groups is 4. The monoisotopic (exact) mass is 819 g/mol. The molecule has 7 rings (SSSR count). The number of alkyl halides is 2. The molecule has 0 bridgehead atoms. The van der Waals surface area contributed by atoms with Crippen molar-refractivity contribution >= 4 is 52.3 Å². The van der Waals surface area contributed by atoms with Gasteiger partial charge < -0.3 is 29.7 Å². The first-order chi connectivity index (χ1) is 28.2. The Balaban J connectivity index is 0.861. The van der Waals surface area contributed by atoms with E-state index in [2.05, 4.69) is 47.4 Å². The standard InChI is InChI=1S/C41H55F2N11O5/c1-26(2)53-25-41(42,43)39(58)50(4)33-23-44-40(48-37(33)53)46-31-11-8-28(21-35(31)59-5)34(55)20-27-6-9-29(10-7-27)49(3)14-15-51-16-18-52(19-17-51)30-22-45-54(24-30)32-12-13-36(56)47-38(32)57/h8,11,21-24,26-27,29,32H,6-7,9-10,12-20,25H2,1-5H3,(H,44,46,48)(H,47,56,57). The number of fused-ring (bicyclic) bond motifs is 1. The van der Waals surface area contributed by atoms with Crippen LogP contribution in [0.3, 0.4) is 0 Å². The van der Waals surface area contributed by atoms with Gasteiger partial charge in [0, 0.05) is 83.0 Å². The predicted octanol–water partition coefficient (Wildman–Crippen LogP) is 4.12. The van der Waals surface area contributed by atoms with Crippen molar-refractivity contribution in [1.29, 1.82) is 0 Å². The molecule has 3 amide bonds. The van der Waals surface area contributed by atoms with Gasteiger partial charge in [0.1, 0.15) is 17.5 Å². The molecule has 4 aliphatic rings. The number of benzene rings is 1. The highest BCUT2D eigenvalue weighted by Crippen LogP contribution is 2.38. The Hall–Kier alpha value is -5.23. The molecule has 1 aliphatic carbocycles. The number of methoxy groups -OCH3 is 1. The van der Waals surface area contributed by atoms with E-state index in [0.717, 1.165) is 75.5 Å². The van der Waals surface area contributed by atoms with Crippen molar-refractivity contribution in [2.45, 2.75) is 82.8 Å². The number of imide groups is 1. The molecule has 3 fully saturated rings. The number of anilines is 5. The van der Waals surface area contributed by atoms with Crippen molar-refractivity contribution in [3.05, 3.63) is 42.4 Å². The summed E-state index contributed by atoms with van der Waals surface area (Å²) in [7, 11) is 5.00. The van der Waals surface area contributed by atoms with Crippen LogP contribution < -0.4 is 30.1 Å². The number of hydrogen-bond donors (Lipinski definition) is 2. The molecule has 2 aromatic heterocycles. The third-order valence-electron chi connectivity index (χ3n) is 12.3. The summed E-state index contributed by atoms with van der Waals surface area (Å²) in [6.07, 6.45) is 10.4. The summed E-state index contributed by atoms with van der Waals surface area (Å²) in [6.45, 7) is 8.31. The third-order valence-corrected chi connectivity index (χ3v) is 12.3. The summed E-state index contributed by atoms with van der Waals surface area (Å²) in [5, 5.41) is 9.94. The van der Waals surface area contributed by atoms with Gasteiger partial charge in [-0.15, -0.1) is 0 Å². The lowest BCUT2D eigenvalue weighted by Crippen LogP contribution is -2.49. The molecule has 5 heterocycles. The molecule has 1 atom stereocenters. The molecular formula is C41H55F2N11O5. The summed E-state index contributed by atoms with van der Waals surface area (Å²) in [5.74, 6) is -4.31. The maximum absolute atomic E-state index is 14.8. The van der Waals surface area contributed by atoms with Crippen molar-refractivity contribution in [3.63, 3.8) is 0 Å². The minimum absolute atomic E-state index is 0.0524. The van der Waals surface area contributed by atoms with Crippen LogP contribution in [0.2, 0.25) is 0 Å². The Morgan fingerprint density at radius 3 is 2.51 bits per heavy atom. The van der Waals surface area contributed by atoms with Crippen LogP contribution in [0.15, 0.2) is 36.8 Å². The molecule has 2 N–H and O–H groups in total. The number of halogens is 2. The van der Waals surface area contributed by atoms with Crippen LogP contribution in [0, 0.1) is 5.92 Å². The third kappa shape index (κ3) is 9.33. The summed E-state index contributed by atoms with van der Waals surface area (Å²) < 4.78 is 36.8. The minimum atomic E-state index is -3.59. The Morgan fingerprint density at radius 1 is 1.07 bits per heavy atom. The molecule has 318 valence electrons. The molecule has 18 heteroatoms. The van der Waals surface area contributed by atoms with Crippen LogP contribution in [-0.2, 0) is 14.4 Å². The van der Waals surface area contributed by atoms with E-state index in [9.17, 15) is 28.0 Å². The first-order valence-corrected chi connectivity index (χ1v) is 20.5. The highest BCUT2D eigenvalue weighted by molar-refractivity contribution is 6.02. The summed E-state index contributed by atoms with van der Waals surface area (Å²) in [6, 6.07) is 4.85. The van der Waals surface area contributed by atoms with E-state index >= 15 is 0 Å². The Kier molecular flexibility index (Phi) is 12.5. The molecule has 1 unspecified atom stereocenters. The predicted molar refractivity (Wildman–Crippen MR) is 219 cm³/mol. The maximum atomic E-state index is 14.8. The Labute approximate surface area is 343 Å². The summed E-state index contributed by atoms with van der Waals surface area (Å²) in [5.41, 5.74) is 2.23. The number of ether oxygens (including phenoxy) is 1. The van der Waals surface area contributed by atoms with E-state index < -0.39 is 24.4 Å². The van der Waals surface area contributed by atoms with Gasteiger partial charge in [-0.1, -0.05) is 0 Å². The van der Waals surface area contributed by atoms with Crippen molar-refractivity contribution < 1.29 is 32.7 Å². The van der Waals surface area contributed by atoms with Crippen molar-refractivity contribution in [3.8, 4) is 5.75 Å². The zero-order chi connectivity index (χ0) is 42.0. The fraction of sp³-hybridized carbons (Fsp3) is 0.585. The van der Waals surface area contributed by atoms with Gasteiger partial charge in [0.2, 0.25) is 11.9 Å². The average Bonchev–Trinajstić information content (AvgIpc) is 3.69. The van der Waals surface area contributed by atoms with E-state index in [4.69, 9.17) is 4.74 Å². The number of Topliss-reactive ketones (excluding diaryl/α,β-unsaturated/α-hetero) is 1. The number of ketones is 1. The number of nitrogens with one attached hydrogen (secondary N) is 2. The summed E-state index contributed by atoms with van der Waals surface area (Å²) in [4.78, 5) is 68.2. The highest BCUT2D eigenvalue weighted by Gasteiger charge is 2.47. The molecule has 16 nitrogen and oxygen atoms in total. The lowest BCUT2D eigenvalue weighted by Gasteiger charge is -2.38. The molecule has 3 aliphatic heterocycles. The molecule has 3 aromatic rings. The Morgan fingerprint density at radius 2 is 1.81 bits per heavy atom. The zero-order valence-corrected chi connectivity index (χ0v) is 34.5. The van der Waals surface area contributed by atoms with Gasteiger partial charge in [0.15, 0.2) is 11.6 Å². The normalized spacial score (nSPS) is 22.7. The number of rotatable bonds is 13. The quantitative estimate of drug-likeness (QED) is 0.188. The highest BCUT2D eigenvalue weighted by atomic mass is 19.3. The summed E-state index contributed by atoms with van der Waals surface area (Å²) >= 11 is 0. The largest absolute Gasteiger partial charge is 0.495 e. The van der Waals surface area contributed by atoms with Crippen molar-refractivity contribution in [2.24, 2.45) is 5.92 Å². The molecule has 0 radical (unpaired) electrons. The number of likely N-dealkylation sites (N-methyl/N-ethyl adjacent to an activating group) is 1. The number of amides is 3. The smallest absolute Gasteiger partial charge is 0.342 e. The van der Waals surface area contributed by atoms with Crippen LogP contribution in [0.25, 0.3) is 0 Å². The second kappa shape index (κ2) is 17.6. The van der Waals surface area contributed by atoms with Gasteiger partial charge in [-0.3, -0.25) is 34.1 Å². The van der Waals surface area contributed by atoms with Crippen molar-refractivity contribution in [2.75, 3.05) is 87.0 Å². The van der Waals surface area contributed by atoms with Crippen LogP contribution in [-0.4, -0.2) is 138 Å². The number of piperidine rings is 1. The van der Waals surface area contributed by atoms with E-state index in [1.54, 1.807) is 42.9 Å². The van der Waals surface area contributed by atoms with Crippen LogP contribution in [0.4, 0.5) is 37.6 Å². The van der Waals surface area contributed by atoms with E-state index in [-0.39, 0.29) is 41.1 Å². The van der Waals surface area contributed by atoms with E-state index in [1.807, 2.05) is 6.20 Å². The van der Waals surface area contributed by atoms with Gasteiger partial charge in [-0.05, 0) is 77.1 Å². The topological polar surface area (TPSA) is 161 Å². The maximum Gasteiger partial charge on any atom is 0.342 e. The molecule has 0 spiro atoms. The molecule has 1 aromatic carbocycles. The lowest BCUT2D eigenvalue weighted by atomic mass is 9.82. The first-order valence-electron chi connectivity index (χ1n) is 20.5. The minimum Gasteiger partial charge on any atom is -0.495 e. The molecular weight excluding hydrogens is 765 g/mol. The number of nitrogens with zero attached hydrogens (tertiary/aromatic N) is 9. The van der Waals surface area contributed by atoms with Crippen LogP contribution in [0.5, 0.6) is 5.75 Å². The molecule has 1 saturated carbocycles. The van der Waals surface area contributed by atoms with Gasteiger partial charge in [0.25, 0.3) is 11.8 Å². The zero-order valence-electron chi connectivity index (χ0n) is 34.5. The van der Waals surface area contributed by atoms with Crippen molar-refractivity contribution in [1.82, 2.24) is 34.9 Å². The fourth-order valence-electron chi connectivity index (χ4n) is 8.58. The number of hydrogen-bond acceptors (Lipinski definition) is 13. The molecule has 2 saturated heterocycles. The van der Waals surface area contributed by atoms with Gasteiger partial charge in [0.05, 0.1) is 37.4 Å². The second-order valence-corrected chi connectivity index (χ2v) is 16.5. The number of aromatic nitrogens is 4. The van der Waals surface area contributed by atoms with Gasteiger partial charge in [-0.25, -0.2) is 4.98 Å². The Bertz CT molecular complexity index is 2030. The number of carbonyl (C=O) groups excluding carboxylic acids is 4. The number of piperazine rings is 1. The fourth-order valence-corrected chi connectivity index (χ4v) is 8.58. The van der Waals surface area contributed by atoms with Crippen LogP contribution in [0.1, 0.15) is 75.2 Å². The SMILES string of the molecule is COc1cc(C(=O)CC2CCC(N(C)CCN3CCN(c4cnn(C5CCC(=O)NC5=O)c4)CC3)CC2)ccc1Nc1ncc2c(n1)N(C(C)C)CC(F)(F)C(=O)N2C. The van der Waals surface area contributed by atoms with Crippen LogP contribution >= 0.6 is 0 Å². The van der Waals surface area contributed by atoms with Gasteiger partial charge in [-0.2, -0.15) is 18.9 Å². The van der Waals surface area contributed by atoms with E-state index in [1.165, 1.54) is 25.3 Å². The van der Waals surface area contributed by atoms with E-state index in [0.29, 0.717) is 48.2 Å². The second-order valence-electron chi connectivity index (χ2n) is 16.5.